The summed E-state index contributed by atoms with van der Waals surface area (Å²) in [4.78, 5) is 4.17. The molecule has 94 valence electrons. The summed E-state index contributed by atoms with van der Waals surface area (Å²) in [6.45, 7) is 1.26. The molecular weight excluding hydrogens is 246 g/mol. The second-order valence-corrected chi connectivity index (χ2v) is 4.48. The van der Waals surface area contributed by atoms with Crippen LogP contribution in [0.3, 0.4) is 0 Å². The van der Waals surface area contributed by atoms with Gasteiger partial charge in [-0.1, -0.05) is 48.0 Å². The average molecular weight is 262 g/mol. The van der Waals surface area contributed by atoms with Gasteiger partial charge in [-0.15, -0.1) is 0 Å². The SMILES string of the molecule is Clc1cccc(COCCCc2ccccc2)n1. The molecule has 0 atom stereocenters. The zero-order valence-corrected chi connectivity index (χ0v) is 10.9. The number of aromatic nitrogens is 1. The van der Waals surface area contributed by atoms with E-state index in [-0.39, 0.29) is 0 Å². The van der Waals surface area contributed by atoms with Crippen LogP contribution in [0.4, 0.5) is 0 Å². The van der Waals surface area contributed by atoms with Crippen LogP contribution in [0.2, 0.25) is 5.15 Å². The van der Waals surface area contributed by atoms with E-state index >= 15 is 0 Å². The van der Waals surface area contributed by atoms with Crippen LogP contribution in [0, 0.1) is 0 Å². The van der Waals surface area contributed by atoms with Crippen LogP contribution in [0.25, 0.3) is 0 Å². The number of rotatable bonds is 6. The Kier molecular flexibility index (Phi) is 5.18. The molecule has 1 aromatic heterocycles. The Labute approximate surface area is 113 Å². The monoisotopic (exact) mass is 261 g/mol. The number of hydrogen-bond acceptors (Lipinski definition) is 2. The molecule has 2 nitrogen and oxygen atoms in total. The van der Waals surface area contributed by atoms with Gasteiger partial charge in [0.2, 0.25) is 0 Å². The van der Waals surface area contributed by atoms with Gasteiger partial charge >= 0.3 is 0 Å². The minimum atomic E-state index is 0.514. The van der Waals surface area contributed by atoms with Crippen molar-refractivity contribution in [3.63, 3.8) is 0 Å². The third-order valence-corrected chi connectivity index (χ3v) is 2.83. The van der Waals surface area contributed by atoms with Crippen molar-refractivity contribution in [1.29, 1.82) is 0 Å². The lowest BCUT2D eigenvalue weighted by Gasteiger charge is -2.04. The summed E-state index contributed by atoms with van der Waals surface area (Å²) in [5, 5.41) is 0.514. The molecule has 2 rings (SSSR count). The third-order valence-electron chi connectivity index (χ3n) is 2.62. The fraction of sp³-hybridized carbons (Fsp3) is 0.267. The van der Waals surface area contributed by atoms with E-state index in [1.807, 2.05) is 18.2 Å². The molecule has 0 aliphatic carbocycles. The predicted molar refractivity (Wildman–Crippen MR) is 73.7 cm³/mol. The van der Waals surface area contributed by atoms with Crippen molar-refractivity contribution < 1.29 is 4.74 Å². The summed E-state index contributed by atoms with van der Waals surface area (Å²) in [5.41, 5.74) is 2.23. The van der Waals surface area contributed by atoms with Crippen molar-refractivity contribution in [3.05, 3.63) is 64.9 Å². The molecule has 1 aromatic carbocycles. The van der Waals surface area contributed by atoms with Crippen LogP contribution >= 0.6 is 11.6 Å². The highest BCUT2D eigenvalue weighted by atomic mass is 35.5. The Balaban J connectivity index is 1.65. The molecule has 0 radical (unpaired) electrons. The molecule has 3 heteroatoms. The minimum absolute atomic E-state index is 0.514. The summed E-state index contributed by atoms with van der Waals surface area (Å²) in [6, 6.07) is 16.0. The lowest BCUT2D eigenvalue weighted by atomic mass is 10.1. The fourth-order valence-electron chi connectivity index (χ4n) is 1.73. The topological polar surface area (TPSA) is 22.1 Å². The lowest BCUT2D eigenvalue weighted by Crippen LogP contribution is -1.99. The number of halogens is 1. The first-order chi connectivity index (χ1) is 8.84. The number of nitrogens with zero attached hydrogens (tertiary/aromatic N) is 1. The van der Waals surface area contributed by atoms with Crippen LogP contribution < -0.4 is 0 Å². The zero-order chi connectivity index (χ0) is 12.6. The van der Waals surface area contributed by atoms with E-state index in [0.29, 0.717) is 11.8 Å². The molecule has 0 unspecified atom stereocenters. The highest BCUT2D eigenvalue weighted by molar-refractivity contribution is 6.29. The standard InChI is InChI=1S/C15H16ClNO/c16-15-10-4-9-14(17-15)12-18-11-5-8-13-6-2-1-3-7-13/h1-4,6-7,9-10H,5,8,11-12H2. The van der Waals surface area contributed by atoms with E-state index in [2.05, 4.69) is 29.2 Å². The maximum absolute atomic E-state index is 5.80. The van der Waals surface area contributed by atoms with Gasteiger partial charge in [0, 0.05) is 6.61 Å². The van der Waals surface area contributed by atoms with Crippen LogP contribution in [0.1, 0.15) is 17.7 Å². The summed E-state index contributed by atoms with van der Waals surface area (Å²) in [5.74, 6) is 0. The minimum Gasteiger partial charge on any atom is -0.375 e. The van der Waals surface area contributed by atoms with Gasteiger partial charge in [-0.3, -0.25) is 0 Å². The van der Waals surface area contributed by atoms with Gasteiger partial charge in [-0.25, -0.2) is 4.98 Å². The maximum atomic E-state index is 5.80. The molecule has 0 fully saturated rings. The average Bonchev–Trinajstić information content (AvgIpc) is 2.40. The van der Waals surface area contributed by atoms with Gasteiger partial charge in [0.05, 0.1) is 12.3 Å². The molecule has 18 heavy (non-hydrogen) atoms. The van der Waals surface area contributed by atoms with Crippen LogP contribution in [-0.2, 0) is 17.8 Å². The van der Waals surface area contributed by atoms with Crippen molar-refractivity contribution in [2.24, 2.45) is 0 Å². The van der Waals surface area contributed by atoms with Gasteiger partial charge in [-0.2, -0.15) is 0 Å². The van der Waals surface area contributed by atoms with Gasteiger partial charge in [0.15, 0.2) is 0 Å². The Morgan fingerprint density at radius 2 is 1.83 bits per heavy atom. The van der Waals surface area contributed by atoms with E-state index in [0.717, 1.165) is 25.1 Å². The molecule has 0 spiro atoms. The highest BCUT2D eigenvalue weighted by Crippen LogP contribution is 2.07. The van der Waals surface area contributed by atoms with Crippen molar-refractivity contribution in [2.75, 3.05) is 6.61 Å². The van der Waals surface area contributed by atoms with Gasteiger partial charge in [-0.05, 0) is 30.5 Å². The second kappa shape index (κ2) is 7.14. The second-order valence-electron chi connectivity index (χ2n) is 4.09. The number of benzene rings is 1. The van der Waals surface area contributed by atoms with Gasteiger partial charge in [0.1, 0.15) is 5.15 Å². The van der Waals surface area contributed by atoms with E-state index in [9.17, 15) is 0 Å². The largest absolute Gasteiger partial charge is 0.375 e. The van der Waals surface area contributed by atoms with E-state index in [1.54, 1.807) is 6.07 Å². The molecule has 0 bridgehead atoms. The van der Waals surface area contributed by atoms with Gasteiger partial charge in [0.25, 0.3) is 0 Å². The van der Waals surface area contributed by atoms with E-state index in [1.165, 1.54) is 5.56 Å². The van der Waals surface area contributed by atoms with Crippen molar-refractivity contribution in [1.82, 2.24) is 4.98 Å². The maximum Gasteiger partial charge on any atom is 0.129 e. The number of ether oxygens (including phenoxy) is 1. The summed E-state index contributed by atoms with van der Waals surface area (Å²) in [7, 11) is 0. The highest BCUT2D eigenvalue weighted by Gasteiger charge is 1.97. The van der Waals surface area contributed by atoms with E-state index in [4.69, 9.17) is 16.3 Å². The number of hydrogen-bond donors (Lipinski definition) is 0. The number of pyridine rings is 1. The summed E-state index contributed by atoms with van der Waals surface area (Å²) < 4.78 is 5.58. The summed E-state index contributed by atoms with van der Waals surface area (Å²) >= 11 is 5.80. The molecule has 0 aliphatic heterocycles. The normalized spacial score (nSPS) is 10.5. The van der Waals surface area contributed by atoms with Crippen molar-refractivity contribution in [3.8, 4) is 0 Å². The quantitative estimate of drug-likeness (QED) is 0.581. The van der Waals surface area contributed by atoms with Crippen LogP contribution in [0.5, 0.6) is 0 Å². The Morgan fingerprint density at radius 1 is 1.00 bits per heavy atom. The molecule has 2 aromatic rings. The van der Waals surface area contributed by atoms with E-state index < -0.39 is 0 Å². The molecule has 0 N–H and O–H groups in total. The first-order valence-electron chi connectivity index (χ1n) is 6.08. The van der Waals surface area contributed by atoms with Crippen molar-refractivity contribution >= 4 is 11.6 Å². The summed E-state index contributed by atoms with van der Waals surface area (Å²) in [6.07, 6.45) is 2.06. The first-order valence-corrected chi connectivity index (χ1v) is 6.45. The Morgan fingerprint density at radius 3 is 2.61 bits per heavy atom. The van der Waals surface area contributed by atoms with Crippen molar-refractivity contribution in [2.45, 2.75) is 19.4 Å². The third kappa shape index (κ3) is 4.47. The lowest BCUT2D eigenvalue weighted by molar-refractivity contribution is 0.116. The predicted octanol–water partition coefficient (Wildman–Crippen LogP) is 3.88. The smallest absolute Gasteiger partial charge is 0.129 e. The number of aryl methyl sites for hydroxylation is 1. The Hall–Kier alpha value is -1.38. The van der Waals surface area contributed by atoms with Crippen LogP contribution in [0.15, 0.2) is 48.5 Å². The molecule has 0 saturated carbocycles. The fourth-order valence-corrected chi connectivity index (χ4v) is 1.91. The molecule has 1 heterocycles. The van der Waals surface area contributed by atoms with Gasteiger partial charge < -0.3 is 4.74 Å². The Bertz CT molecular complexity index is 473. The zero-order valence-electron chi connectivity index (χ0n) is 10.2. The van der Waals surface area contributed by atoms with Crippen LogP contribution in [-0.4, -0.2) is 11.6 Å². The molecule has 0 aliphatic rings. The molecule has 0 amide bonds. The first kappa shape index (κ1) is 13.1. The molecular formula is C15H16ClNO. The molecule has 0 saturated heterocycles.